The summed E-state index contributed by atoms with van der Waals surface area (Å²) in [6, 6.07) is 18.6. The molecule has 2 fully saturated rings. The summed E-state index contributed by atoms with van der Waals surface area (Å²) in [5.74, 6) is 1.92. The number of benzene rings is 2. The average Bonchev–Trinajstić information content (AvgIpc) is 2.98. The third-order valence-electron chi connectivity index (χ3n) is 7.51. The summed E-state index contributed by atoms with van der Waals surface area (Å²) in [7, 11) is 0. The molecule has 2 aromatic heterocycles. The molecule has 0 unspecified atom stereocenters. The van der Waals surface area contributed by atoms with Gasteiger partial charge in [-0.1, -0.05) is 30.3 Å². The van der Waals surface area contributed by atoms with E-state index in [1.54, 1.807) is 6.33 Å². The standard InChI is InChI=1S/C30H35N9O/c1-30(40)12-5-13-39(21-30)26-10-8-25(9-11-26)35-27-33-22-34-29(36-27)38-16-14-37(15-17-38)28-31-19-24(20-32-28)18-23-6-3-2-4-7-23/h2-4,6-11,19-20,22,40H,5,12-18,21H2,1H3,(H,33,34,35,36)/t30-/m0/s1. The van der Waals surface area contributed by atoms with Crippen molar-refractivity contribution in [2.24, 2.45) is 0 Å². The van der Waals surface area contributed by atoms with Gasteiger partial charge in [-0.05, 0) is 55.2 Å². The molecule has 0 radical (unpaired) electrons. The third kappa shape index (κ3) is 6.28. The SMILES string of the molecule is C[C@]1(O)CCCN(c2ccc(Nc3ncnc(N4CCN(c5ncc(Cc6ccccc6)cn5)CC4)n3)cc2)C1. The summed E-state index contributed by atoms with van der Waals surface area (Å²) < 4.78 is 0. The second-order valence-corrected chi connectivity index (χ2v) is 10.8. The fourth-order valence-electron chi connectivity index (χ4n) is 5.37. The van der Waals surface area contributed by atoms with Crippen molar-refractivity contribution < 1.29 is 5.11 Å². The van der Waals surface area contributed by atoms with E-state index in [2.05, 4.69) is 81.3 Å². The lowest BCUT2D eigenvalue weighted by molar-refractivity contribution is 0.0449. The van der Waals surface area contributed by atoms with Crippen LogP contribution < -0.4 is 20.0 Å². The summed E-state index contributed by atoms with van der Waals surface area (Å²) in [6.07, 6.45) is 8.06. The van der Waals surface area contributed by atoms with E-state index in [0.29, 0.717) is 18.4 Å². The van der Waals surface area contributed by atoms with Crippen molar-refractivity contribution in [1.82, 2.24) is 24.9 Å². The fourth-order valence-corrected chi connectivity index (χ4v) is 5.37. The van der Waals surface area contributed by atoms with E-state index < -0.39 is 5.60 Å². The summed E-state index contributed by atoms with van der Waals surface area (Å²) in [4.78, 5) is 29.3. The summed E-state index contributed by atoms with van der Waals surface area (Å²) in [5, 5.41) is 13.7. The van der Waals surface area contributed by atoms with E-state index in [1.807, 2.05) is 37.5 Å². The Labute approximate surface area is 234 Å². The Morgan fingerprint density at radius 1 is 0.775 bits per heavy atom. The van der Waals surface area contributed by atoms with Crippen LogP contribution in [-0.2, 0) is 6.42 Å². The maximum absolute atomic E-state index is 10.4. The van der Waals surface area contributed by atoms with E-state index in [4.69, 9.17) is 0 Å². The van der Waals surface area contributed by atoms with Crippen LogP contribution in [0.15, 0.2) is 73.3 Å². The van der Waals surface area contributed by atoms with Crippen molar-refractivity contribution in [2.45, 2.75) is 31.8 Å². The molecule has 2 aliphatic heterocycles. The molecule has 2 aliphatic rings. The Kier molecular flexibility index (Phi) is 7.41. The van der Waals surface area contributed by atoms with Crippen LogP contribution >= 0.6 is 0 Å². The highest BCUT2D eigenvalue weighted by Gasteiger charge is 2.28. The molecule has 4 aromatic rings. The number of aromatic nitrogens is 5. The lowest BCUT2D eigenvalue weighted by Crippen LogP contribution is -2.47. The van der Waals surface area contributed by atoms with Crippen LogP contribution in [-0.4, -0.2) is 74.9 Å². The minimum absolute atomic E-state index is 0.512. The largest absolute Gasteiger partial charge is 0.388 e. The van der Waals surface area contributed by atoms with Crippen LogP contribution in [0.25, 0.3) is 0 Å². The first-order valence-corrected chi connectivity index (χ1v) is 13.9. The molecule has 2 N–H and O–H groups in total. The maximum atomic E-state index is 10.4. The number of nitrogens with zero attached hydrogens (tertiary/aromatic N) is 8. The minimum Gasteiger partial charge on any atom is -0.388 e. The number of anilines is 5. The van der Waals surface area contributed by atoms with E-state index in [0.717, 1.165) is 74.9 Å². The van der Waals surface area contributed by atoms with Crippen LogP contribution in [0.3, 0.4) is 0 Å². The third-order valence-corrected chi connectivity index (χ3v) is 7.51. The quantitative estimate of drug-likeness (QED) is 0.363. The Bertz CT molecular complexity index is 1390. The monoisotopic (exact) mass is 537 g/mol. The molecule has 2 aromatic carbocycles. The van der Waals surface area contributed by atoms with Crippen molar-refractivity contribution in [3.63, 3.8) is 0 Å². The molecule has 0 saturated carbocycles. The molecule has 206 valence electrons. The first kappa shape index (κ1) is 25.9. The maximum Gasteiger partial charge on any atom is 0.231 e. The fraction of sp³-hybridized carbons (Fsp3) is 0.367. The molecule has 6 rings (SSSR count). The predicted octanol–water partition coefficient (Wildman–Crippen LogP) is 3.67. The average molecular weight is 538 g/mol. The van der Waals surface area contributed by atoms with Crippen molar-refractivity contribution in [3.8, 4) is 0 Å². The number of piperidine rings is 1. The highest BCUT2D eigenvalue weighted by molar-refractivity contribution is 5.60. The summed E-state index contributed by atoms with van der Waals surface area (Å²) >= 11 is 0. The zero-order valence-electron chi connectivity index (χ0n) is 22.8. The smallest absolute Gasteiger partial charge is 0.231 e. The van der Waals surface area contributed by atoms with E-state index >= 15 is 0 Å². The Morgan fingerprint density at radius 2 is 1.48 bits per heavy atom. The van der Waals surface area contributed by atoms with Gasteiger partial charge in [0.2, 0.25) is 17.8 Å². The van der Waals surface area contributed by atoms with Crippen molar-refractivity contribution in [1.29, 1.82) is 0 Å². The number of rotatable bonds is 7. The first-order valence-electron chi connectivity index (χ1n) is 13.9. The molecule has 10 heteroatoms. The minimum atomic E-state index is -0.637. The van der Waals surface area contributed by atoms with Crippen LogP contribution in [0.5, 0.6) is 0 Å². The van der Waals surface area contributed by atoms with Gasteiger partial charge in [0.05, 0.1) is 5.60 Å². The Morgan fingerprint density at radius 3 is 2.17 bits per heavy atom. The summed E-state index contributed by atoms with van der Waals surface area (Å²) in [5.41, 5.74) is 3.73. The molecular weight excluding hydrogens is 502 g/mol. The van der Waals surface area contributed by atoms with Gasteiger partial charge in [-0.25, -0.2) is 19.9 Å². The number of nitrogens with one attached hydrogen (secondary N) is 1. The zero-order chi connectivity index (χ0) is 27.4. The van der Waals surface area contributed by atoms with Gasteiger partial charge >= 0.3 is 0 Å². The molecular formula is C30H35N9O. The molecule has 1 atom stereocenters. The highest BCUT2D eigenvalue weighted by Crippen LogP contribution is 2.27. The normalized spacial score (nSPS) is 19.5. The van der Waals surface area contributed by atoms with Crippen molar-refractivity contribution in [3.05, 3.63) is 84.4 Å². The lowest BCUT2D eigenvalue weighted by Gasteiger charge is -2.38. The number of piperazine rings is 1. The lowest BCUT2D eigenvalue weighted by atomic mass is 9.95. The number of hydrogen-bond donors (Lipinski definition) is 2. The van der Waals surface area contributed by atoms with Gasteiger partial charge in [0.25, 0.3) is 0 Å². The van der Waals surface area contributed by atoms with E-state index in [9.17, 15) is 5.11 Å². The molecule has 0 bridgehead atoms. The number of β-amino-alcohol motifs (C(OH)–C–C–N with tert-alkyl or cyclic N) is 1. The van der Waals surface area contributed by atoms with Gasteiger partial charge < -0.3 is 25.1 Å². The Hall–Kier alpha value is -4.31. The van der Waals surface area contributed by atoms with Gasteiger partial charge in [0.15, 0.2) is 0 Å². The van der Waals surface area contributed by atoms with Gasteiger partial charge in [0, 0.05) is 69.5 Å². The molecule has 0 amide bonds. The highest BCUT2D eigenvalue weighted by atomic mass is 16.3. The van der Waals surface area contributed by atoms with Crippen molar-refractivity contribution in [2.75, 3.05) is 59.3 Å². The number of hydrogen-bond acceptors (Lipinski definition) is 10. The van der Waals surface area contributed by atoms with Crippen molar-refractivity contribution >= 4 is 29.2 Å². The molecule has 0 spiro atoms. The van der Waals surface area contributed by atoms with E-state index in [-0.39, 0.29) is 0 Å². The second kappa shape index (κ2) is 11.4. The first-order chi connectivity index (χ1) is 19.5. The molecule has 2 saturated heterocycles. The topological polar surface area (TPSA) is 106 Å². The van der Waals surface area contributed by atoms with Crippen LogP contribution in [0.4, 0.5) is 29.2 Å². The van der Waals surface area contributed by atoms with Crippen LogP contribution in [0.2, 0.25) is 0 Å². The summed E-state index contributed by atoms with van der Waals surface area (Å²) in [6.45, 7) is 6.63. The second-order valence-electron chi connectivity index (χ2n) is 10.8. The van der Waals surface area contributed by atoms with Crippen LogP contribution in [0, 0.1) is 0 Å². The predicted molar refractivity (Wildman–Crippen MR) is 157 cm³/mol. The molecule has 40 heavy (non-hydrogen) atoms. The number of aliphatic hydroxyl groups is 1. The van der Waals surface area contributed by atoms with Gasteiger partial charge in [0.1, 0.15) is 6.33 Å². The van der Waals surface area contributed by atoms with Gasteiger partial charge in [-0.2, -0.15) is 4.98 Å². The molecule has 4 heterocycles. The molecule has 10 nitrogen and oxygen atoms in total. The van der Waals surface area contributed by atoms with E-state index in [1.165, 1.54) is 5.56 Å². The van der Waals surface area contributed by atoms with Gasteiger partial charge in [-0.3, -0.25) is 0 Å². The van der Waals surface area contributed by atoms with Crippen LogP contribution in [0.1, 0.15) is 30.9 Å². The Balaban J connectivity index is 1.03. The molecule has 0 aliphatic carbocycles. The zero-order valence-corrected chi connectivity index (χ0v) is 22.8. The van der Waals surface area contributed by atoms with Gasteiger partial charge in [-0.15, -0.1) is 0 Å².